The van der Waals surface area contributed by atoms with Crippen LogP contribution >= 0.6 is 0 Å². The fourth-order valence-corrected chi connectivity index (χ4v) is 3.17. The maximum Gasteiger partial charge on any atom is 0.280 e. The fraction of sp³-hybridized carbons (Fsp3) is 0.500. The van der Waals surface area contributed by atoms with Gasteiger partial charge in [0.2, 0.25) is 0 Å². The second-order valence-corrected chi connectivity index (χ2v) is 6.28. The Balaban J connectivity index is 1.90. The summed E-state index contributed by atoms with van der Waals surface area (Å²) < 4.78 is 0. The average molecular weight is 313 g/mol. The molecule has 2 aromatic carbocycles. The molecule has 0 fully saturated rings. The summed E-state index contributed by atoms with van der Waals surface area (Å²) in [5.41, 5.74) is 1.17. The van der Waals surface area contributed by atoms with Crippen molar-refractivity contribution in [1.29, 1.82) is 0 Å². The van der Waals surface area contributed by atoms with Crippen molar-refractivity contribution in [3.63, 3.8) is 0 Å². The van der Waals surface area contributed by atoms with Gasteiger partial charge in [-0.3, -0.25) is 10.1 Å². The van der Waals surface area contributed by atoms with Gasteiger partial charge in [-0.25, -0.2) is 0 Å². The number of hydrogen-bond acceptors (Lipinski definition) is 2. The van der Waals surface area contributed by atoms with Crippen LogP contribution in [0.15, 0.2) is 36.4 Å². The molecule has 0 radical (unpaired) electrons. The van der Waals surface area contributed by atoms with E-state index in [9.17, 15) is 10.1 Å². The smallest absolute Gasteiger partial charge is 0.258 e. The van der Waals surface area contributed by atoms with E-state index >= 15 is 0 Å². The maximum atomic E-state index is 11.5. The predicted molar refractivity (Wildman–Crippen MR) is 96.9 cm³/mol. The number of benzene rings is 2. The van der Waals surface area contributed by atoms with Crippen LogP contribution in [0.3, 0.4) is 0 Å². The molecule has 23 heavy (non-hydrogen) atoms. The van der Waals surface area contributed by atoms with Crippen molar-refractivity contribution in [3.8, 4) is 0 Å². The predicted octanol–water partition coefficient (Wildman–Crippen LogP) is 6.43. The molecule has 0 saturated carbocycles. The van der Waals surface area contributed by atoms with Crippen molar-refractivity contribution >= 4 is 16.5 Å². The number of rotatable bonds is 10. The third-order valence-electron chi connectivity index (χ3n) is 4.47. The number of nitro groups is 1. The van der Waals surface area contributed by atoms with Crippen molar-refractivity contribution in [2.45, 2.75) is 64.7 Å². The molecule has 0 aliphatic carbocycles. The van der Waals surface area contributed by atoms with Crippen LogP contribution in [0.25, 0.3) is 10.8 Å². The van der Waals surface area contributed by atoms with Crippen LogP contribution < -0.4 is 0 Å². The van der Waals surface area contributed by atoms with Crippen molar-refractivity contribution in [2.75, 3.05) is 0 Å². The van der Waals surface area contributed by atoms with Gasteiger partial charge in [-0.05, 0) is 24.3 Å². The molecular formula is C20H27NO2. The van der Waals surface area contributed by atoms with E-state index in [4.69, 9.17) is 0 Å². The number of nitro benzene ring substituents is 1. The minimum atomic E-state index is -0.220. The molecule has 0 saturated heterocycles. The SMILES string of the molecule is CCCCCCCCCCc1ccc2ccccc2c1[N+](=O)[O-]. The highest BCUT2D eigenvalue weighted by molar-refractivity contribution is 5.92. The lowest BCUT2D eigenvalue weighted by molar-refractivity contribution is -0.383. The number of hydrogen-bond donors (Lipinski definition) is 0. The van der Waals surface area contributed by atoms with Gasteiger partial charge in [0.25, 0.3) is 5.69 Å². The lowest BCUT2D eigenvalue weighted by Gasteiger charge is -2.06. The Morgan fingerprint density at radius 1 is 0.870 bits per heavy atom. The van der Waals surface area contributed by atoms with Gasteiger partial charge in [0.05, 0.1) is 10.3 Å². The van der Waals surface area contributed by atoms with Gasteiger partial charge in [0, 0.05) is 5.56 Å². The number of nitrogens with zero attached hydrogens (tertiary/aromatic N) is 1. The maximum absolute atomic E-state index is 11.5. The second-order valence-electron chi connectivity index (χ2n) is 6.28. The van der Waals surface area contributed by atoms with Crippen LogP contribution in [-0.4, -0.2) is 4.92 Å². The summed E-state index contributed by atoms with van der Waals surface area (Å²) in [7, 11) is 0. The Bertz CT molecular complexity index is 637. The van der Waals surface area contributed by atoms with E-state index in [1.54, 1.807) is 0 Å². The summed E-state index contributed by atoms with van der Waals surface area (Å²) >= 11 is 0. The van der Waals surface area contributed by atoms with Gasteiger partial charge in [0.1, 0.15) is 0 Å². The van der Waals surface area contributed by atoms with Crippen LogP contribution in [0.2, 0.25) is 0 Å². The Hall–Kier alpha value is -1.90. The summed E-state index contributed by atoms with van der Waals surface area (Å²) in [4.78, 5) is 11.3. The van der Waals surface area contributed by atoms with E-state index in [1.165, 1.54) is 38.5 Å². The molecule has 3 heteroatoms. The zero-order valence-corrected chi connectivity index (χ0v) is 14.1. The Kier molecular flexibility index (Phi) is 7.05. The van der Waals surface area contributed by atoms with Crippen molar-refractivity contribution in [1.82, 2.24) is 0 Å². The first kappa shape index (κ1) is 17.5. The van der Waals surface area contributed by atoms with Gasteiger partial charge in [-0.15, -0.1) is 0 Å². The first-order valence-corrected chi connectivity index (χ1v) is 8.89. The highest BCUT2D eigenvalue weighted by atomic mass is 16.6. The molecule has 0 unspecified atom stereocenters. The van der Waals surface area contributed by atoms with E-state index in [0.717, 1.165) is 35.6 Å². The molecule has 0 aliphatic rings. The fourth-order valence-electron chi connectivity index (χ4n) is 3.17. The molecule has 0 N–H and O–H groups in total. The third kappa shape index (κ3) is 5.05. The number of aryl methyl sites for hydroxylation is 1. The minimum Gasteiger partial charge on any atom is -0.258 e. The monoisotopic (exact) mass is 313 g/mol. The summed E-state index contributed by atoms with van der Waals surface area (Å²) in [5.74, 6) is 0. The zero-order valence-electron chi connectivity index (χ0n) is 14.1. The largest absolute Gasteiger partial charge is 0.280 e. The molecule has 0 heterocycles. The zero-order chi connectivity index (χ0) is 16.5. The molecule has 0 aliphatic heterocycles. The van der Waals surface area contributed by atoms with Crippen molar-refractivity contribution in [2.24, 2.45) is 0 Å². The summed E-state index contributed by atoms with van der Waals surface area (Å²) in [6, 6.07) is 11.5. The van der Waals surface area contributed by atoms with Crippen LogP contribution in [0, 0.1) is 10.1 Å². The van der Waals surface area contributed by atoms with Crippen LogP contribution in [0.4, 0.5) is 5.69 Å². The van der Waals surface area contributed by atoms with Gasteiger partial charge in [-0.2, -0.15) is 0 Å². The van der Waals surface area contributed by atoms with E-state index in [0.29, 0.717) is 5.69 Å². The first-order valence-electron chi connectivity index (χ1n) is 8.89. The van der Waals surface area contributed by atoms with E-state index in [1.807, 2.05) is 36.4 Å². The second kappa shape index (κ2) is 9.29. The Morgan fingerprint density at radius 2 is 1.52 bits per heavy atom. The van der Waals surface area contributed by atoms with Crippen molar-refractivity contribution < 1.29 is 4.92 Å². The molecule has 2 rings (SSSR count). The normalized spacial score (nSPS) is 11.0. The standard InChI is InChI=1S/C20H27NO2/c1-2-3-4-5-6-7-8-9-13-18-16-15-17-12-10-11-14-19(17)20(18)21(22)23/h10-12,14-16H,2-9,13H2,1H3. The molecule has 0 atom stereocenters. The quantitative estimate of drug-likeness (QED) is 0.288. The third-order valence-corrected chi connectivity index (χ3v) is 4.47. The van der Waals surface area contributed by atoms with Gasteiger partial charge < -0.3 is 0 Å². The molecule has 124 valence electrons. The van der Waals surface area contributed by atoms with E-state index < -0.39 is 0 Å². The summed E-state index contributed by atoms with van der Waals surface area (Å²) in [5, 5.41) is 13.2. The van der Waals surface area contributed by atoms with Crippen LogP contribution in [-0.2, 0) is 6.42 Å². The van der Waals surface area contributed by atoms with E-state index in [2.05, 4.69) is 6.92 Å². The average Bonchev–Trinajstić information content (AvgIpc) is 2.56. The van der Waals surface area contributed by atoms with Gasteiger partial charge in [-0.1, -0.05) is 82.2 Å². The number of fused-ring (bicyclic) bond motifs is 1. The van der Waals surface area contributed by atoms with Crippen LogP contribution in [0.1, 0.15) is 63.9 Å². The van der Waals surface area contributed by atoms with E-state index in [-0.39, 0.29) is 4.92 Å². The minimum absolute atomic E-state index is 0.220. The highest BCUT2D eigenvalue weighted by Gasteiger charge is 2.17. The lowest BCUT2D eigenvalue weighted by atomic mass is 9.99. The Morgan fingerprint density at radius 3 is 2.22 bits per heavy atom. The topological polar surface area (TPSA) is 43.1 Å². The van der Waals surface area contributed by atoms with Crippen LogP contribution in [0.5, 0.6) is 0 Å². The van der Waals surface area contributed by atoms with Gasteiger partial charge >= 0.3 is 0 Å². The van der Waals surface area contributed by atoms with Crippen molar-refractivity contribution in [3.05, 3.63) is 52.1 Å². The molecule has 0 aromatic heterocycles. The van der Waals surface area contributed by atoms with Gasteiger partial charge in [0.15, 0.2) is 0 Å². The lowest BCUT2D eigenvalue weighted by Crippen LogP contribution is -1.97. The highest BCUT2D eigenvalue weighted by Crippen LogP contribution is 2.30. The molecular weight excluding hydrogens is 286 g/mol. The summed E-state index contributed by atoms with van der Waals surface area (Å²) in [6.07, 6.45) is 10.8. The summed E-state index contributed by atoms with van der Waals surface area (Å²) in [6.45, 7) is 2.23. The first-order chi connectivity index (χ1) is 11.2. The molecule has 0 bridgehead atoms. The molecule has 0 amide bonds. The Labute approximate surface area is 138 Å². The number of unbranched alkanes of at least 4 members (excludes halogenated alkanes) is 7. The molecule has 3 nitrogen and oxygen atoms in total. The molecule has 0 spiro atoms. The molecule has 2 aromatic rings.